The number of rotatable bonds is 10. The third-order valence-electron chi connectivity index (χ3n) is 15.9. The molecular weight excluding hydrogens is 959 g/mol. The summed E-state index contributed by atoms with van der Waals surface area (Å²) in [5.74, 6) is -10.0. The number of aliphatic hydroxyl groups excluding tert-OH is 3. The van der Waals surface area contributed by atoms with Crippen molar-refractivity contribution in [3.63, 3.8) is 0 Å². The first kappa shape index (κ1) is 62.6. The quantitative estimate of drug-likeness (QED) is 0.145. The van der Waals surface area contributed by atoms with Crippen molar-refractivity contribution in [1.29, 1.82) is 0 Å². The molecule has 3 fully saturated rings. The first-order chi connectivity index (χ1) is 34.8. The third-order valence-corrected chi connectivity index (χ3v) is 15.9. The fourth-order valence-electron chi connectivity index (χ4n) is 10.8. The van der Waals surface area contributed by atoms with Crippen molar-refractivity contribution in [2.75, 3.05) is 41.1 Å². The van der Waals surface area contributed by atoms with Crippen LogP contribution in [0.15, 0.2) is 47.6 Å². The van der Waals surface area contributed by atoms with Crippen LogP contribution in [0.1, 0.15) is 132 Å². The molecule has 15 atom stereocenters. The lowest BCUT2D eigenvalue weighted by atomic mass is 9.78. The second-order valence-electron chi connectivity index (χ2n) is 22.2. The molecule has 0 radical (unpaired) electrons. The molecule has 4 aliphatic rings. The molecule has 5 N–H and O–H groups in total. The molecule has 0 aromatic heterocycles. The molecule has 0 aromatic carbocycles. The zero-order valence-electron chi connectivity index (χ0n) is 45.7. The first-order valence-corrected chi connectivity index (χ1v) is 26.5. The van der Waals surface area contributed by atoms with Gasteiger partial charge in [-0.3, -0.25) is 24.0 Å². The van der Waals surface area contributed by atoms with E-state index in [0.29, 0.717) is 51.4 Å². The molecule has 0 spiro atoms. The van der Waals surface area contributed by atoms with Gasteiger partial charge in [0.2, 0.25) is 5.79 Å². The van der Waals surface area contributed by atoms with E-state index in [1.165, 1.54) is 34.3 Å². The number of fused-ring (bicyclic) bond motifs is 3. The van der Waals surface area contributed by atoms with E-state index in [1.54, 1.807) is 58.9 Å². The van der Waals surface area contributed by atoms with Crippen molar-refractivity contribution in [2.45, 2.75) is 193 Å². The molecule has 3 heterocycles. The molecular formula is C56H87NO17. The number of aliphatic hydroxyl groups is 5. The Morgan fingerprint density at radius 1 is 0.892 bits per heavy atom. The SMILES string of the molecule is CO[C@H]1CC2CC[C@@H](C)[C@@](O)(O2)C(=O)C(=O)N2CCCC[C@H]2C(=O)O[C@H]([C@H](C)C[C@@H]2CC[C@@H](OC(=O)C(C)(CO)CO)[C@H](OC)C2)CC(=O)C(C)=CC(C)[C@@H](O)[C@@H](OC)C(=O)[C@H](C)C[C@@](C)(O)C=CC=CC=C1C. The molecule has 2 saturated heterocycles. The zero-order valence-corrected chi connectivity index (χ0v) is 45.7. The van der Waals surface area contributed by atoms with E-state index in [4.69, 9.17) is 28.4 Å². The Hall–Kier alpha value is -3.98. The zero-order chi connectivity index (χ0) is 55.3. The van der Waals surface area contributed by atoms with E-state index < -0.39 is 138 Å². The van der Waals surface area contributed by atoms with Gasteiger partial charge in [-0.05, 0) is 115 Å². The minimum atomic E-state index is -2.50. The molecule has 2 unspecified atom stereocenters. The summed E-state index contributed by atoms with van der Waals surface area (Å²) >= 11 is 0. The van der Waals surface area contributed by atoms with Crippen LogP contribution >= 0.6 is 0 Å². The van der Waals surface area contributed by atoms with Gasteiger partial charge in [-0.25, -0.2) is 4.79 Å². The molecule has 1 saturated carbocycles. The minimum Gasteiger partial charge on any atom is -0.460 e. The fraction of sp³-hybridized carbons (Fsp3) is 0.750. The molecule has 0 aromatic rings. The molecule has 4 rings (SSSR count). The van der Waals surface area contributed by atoms with Gasteiger partial charge in [-0.15, -0.1) is 0 Å². The number of Topliss-reactive ketones (excluding diaryl/α,β-unsaturated/α-hetero) is 3. The van der Waals surface area contributed by atoms with Crippen LogP contribution < -0.4 is 0 Å². The largest absolute Gasteiger partial charge is 0.460 e. The Bertz CT molecular complexity index is 2060. The summed E-state index contributed by atoms with van der Waals surface area (Å²) in [5.41, 5.74) is -1.90. The maximum atomic E-state index is 14.5. The van der Waals surface area contributed by atoms with Crippen LogP contribution in [0.4, 0.5) is 0 Å². The summed E-state index contributed by atoms with van der Waals surface area (Å²) in [6, 6.07) is -1.22. The Morgan fingerprint density at radius 2 is 1.58 bits per heavy atom. The van der Waals surface area contributed by atoms with Gasteiger partial charge in [0.25, 0.3) is 11.7 Å². The number of esters is 2. The number of hydrogen-bond donors (Lipinski definition) is 5. The first-order valence-electron chi connectivity index (χ1n) is 26.5. The highest BCUT2D eigenvalue weighted by molar-refractivity contribution is 6.39. The van der Waals surface area contributed by atoms with Crippen LogP contribution in [0.5, 0.6) is 0 Å². The molecule has 2 bridgehead atoms. The predicted molar refractivity (Wildman–Crippen MR) is 273 cm³/mol. The van der Waals surface area contributed by atoms with E-state index in [-0.39, 0.29) is 43.7 Å². The van der Waals surface area contributed by atoms with Crippen LogP contribution in [0.3, 0.4) is 0 Å². The van der Waals surface area contributed by atoms with Crippen LogP contribution in [-0.2, 0) is 57.2 Å². The van der Waals surface area contributed by atoms with Crippen LogP contribution in [0.2, 0.25) is 0 Å². The number of carbonyl (C=O) groups excluding carboxylic acids is 6. The van der Waals surface area contributed by atoms with Gasteiger partial charge in [-0.2, -0.15) is 0 Å². The van der Waals surface area contributed by atoms with Gasteiger partial charge in [0.05, 0.1) is 43.2 Å². The number of ether oxygens (including phenoxy) is 6. The minimum absolute atomic E-state index is 0.0121. The summed E-state index contributed by atoms with van der Waals surface area (Å²) < 4.78 is 35.3. The van der Waals surface area contributed by atoms with E-state index >= 15 is 0 Å². The average molecular weight is 1050 g/mol. The molecule has 3 aliphatic heterocycles. The number of allylic oxidation sites excluding steroid dienone is 5. The number of carbonyl (C=O) groups is 6. The van der Waals surface area contributed by atoms with Crippen molar-refractivity contribution >= 4 is 35.2 Å². The van der Waals surface area contributed by atoms with Crippen molar-refractivity contribution in [1.82, 2.24) is 4.90 Å². The highest BCUT2D eigenvalue weighted by Gasteiger charge is 2.53. The van der Waals surface area contributed by atoms with E-state index in [0.717, 1.165) is 10.5 Å². The lowest BCUT2D eigenvalue weighted by Crippen LogP contribution is -2.61. The lowest BCUT2D eigenvalue weighted by molar-refractivity contribution is -0.265. The van der Waals surface area contributed by atoms with Gasteiger partial charge in [-0.1, -0.05) is 64.2 Å². The smallest absolute Gasteiger partial charge is 0.329 e. The van der Waals surface area contributed by atoms with Crippen molar-refractivity contribution in [3.05, 3.63) is 47.6 Å². The second kappa shape index (κ2) is 27.9. The molecule has 18 heteroatoms. The summed E-state index contributed by atoms with van der Waals surface area (Å²) in [7, 11) is 4.33. The maximum absolute atomic E-state index is 14.5. The summed E-state index contributed by atoms with van der Waals surface area (Å²) in [6.45, 7) is 12.0. The van der Waals surface area contributed by atoms with E-state index in [2.05, 4.69) is 0 Å². The normalized spacial score (nSPS) is 35.8. The van der Waals surface area contributed by atoms with Gasteiger partial charge >= 0.3 is 11.9 Å². The Labute approximate surface area is 437 Å². The Balaban J connectivity index is 1.71. The topological polar surface area (TPSA) is 262 Å². The monoisotopic (exact) mass is 1050 g/mol. The highest BCUT2D eigenvalue weighted by atomic mass is 16.6. The van der Waals surface area contributed by atoms with Gasteiger partial charge < -0.3 is 58.9 Å². The van der Waals surface area contributed by atoms with Crippen molar-refractivity contribution in [3.8, 4) is 0 Å². The van der Waals surface area contributed by atoms with Crippen LogP contribution in [0.25, 0.3) is 0 Å². The third kappa shape index (κ3) is 16.0. The predicted octanol–water partition coefficient (Wildman–Crippen LogP) is 4.84. The van der Waals surface area contributed by atoms with E-state index in [1.807, 2.05) is 19.9 Å². The number of piperidine rings is 1. The Morgan fingerprint density at radius 3 is 2.22 bits per heavy atom. The van der Waals surface area contributed by atoms with Crippen molar-refractivity contribution < 1.29 is 82.7 Å². The highest BCUT2D eigenvalue weighted by Crippen LogP contribution is 2.38. The molecule has 1 aliphatic carbocycles. The van der Waals surface area contributed by atoms with Crippen LogP contribution in [-0.4, -0.2) is 167 Å². The fourth-order valence-corrected chi connectivity index (χ4v) is 10.8. The second-order valence-corrected chi connectivity index (χ2v) is 22.2. The Kier molecular flexibility index (Phi) is 23.6. The summed E-state index contributed by atoms with van der Waals surface area (Å²) in [4.78, 5) is 85.4. The average Bonchev–Trinajstić information content (AvgIpc) is 3.37. The molecule has 74 heavy (non-hydrogen) atoms. The summed E-state index contributed by atoms with van der Waals surface area (Å²) in [5, 5.41) is 54.4. The number of hydrogen-bond acceptors (Lipinski definition) is 17. The summed E-state index contributed by atoms with van der Waals surface area (Å²) in [6.07, 6.45) is 7.67. The number of methoxy groups -OCH3 is 3. The van der Waals surface area contributed by atoms with Crippen molar-refractivity contribution in [2.24, 2.45) is 35.0 Å². The number of cyclic esters (lactones) is 1. The van der Waals surface area contributed by atoms with E-state index in [9.17, 15) is 54.3 Å². The molecule has 1 amide bonds. The number of ketones is 3. The lowest BCUT2D eigenvalue weighted by Gasteiger charge is -2.42. The number of nitrogens with zero attached hydrogens (tertiary/aromatic N) is 1. The van der Waals surface area contributed by atoms with Gasteiger partial charge in [0.15, 0.2) is 11.6 Å². The molecule has 418 valence electrons. The maximum Gasteiger partial charge on any atom is 0.329 e. The van der Waals surface area contributed by atoms with Gasteiger partial charge in [0, 0.05) is 58.5 Å². The van der Waals surface area contributed by atoms with Crippen LogP contribution in [0, 0.1) is 35.0 Å². The van der Waals surface area contributed by atoms with Gasteiger partial charge in [0.1, 0.15) is 29.8 Å². The molecule has 18 nitrogen and oxygen atoms in total. The standard InChI is InChI=1S/C56H87NO17/c1-33-17-13-12-15-23-55(8,67)30-37(5)48(62)49(71-11)47(61)36(4)25-34(2)42(60)29-45(35(3)26-39-20-22-43(46(27-39)70-10)73-53(66)54(7,31-58)32-59)72-52(65)41-18-14-16-24-57(41)51(64)50(63)56(68)38(6)19-21-40(74-56)28-44(33)69-9/h12-13,15,17,23,25,35-41,43-47,49,58-59,61,67-68H,14,16,18-22,24,26-32H2,1-11H3/t35-,36?,37-,38-,39+,40?,41+,43-,44+,45+,46-,47-,49-,55+,56-/m1/s1. The number of amides is 1.